The van der Waals surface area contributed by atoms with E-state index in [-0.39, 0.29) is 5.91 Å². The lowest BCUT2D eigenvalue weighted by Crippen LogP contribution is -2.30. The Morgan fingerprint density at radius 1 is 1.08 bits per heavy atom. The second-order valence-corrected chi connectivity index (χ2v) is 5.12. The van der Waals surface area contributed by atoms with Crippen molar-refractivity contribution in [2.75, 3.05) is 23.0 Å². The Bertz CT molecular complexity index is 875. The first-order valence-electron chi connectivity index (χ1n) is 7.59. The Labute approximate surface area is 139 Å². The molecule has 2 aromatic carbocycles. The fraction of sp³-hybridized carbons (Fsp3) is 0.118. The Morgan fingerprint density at radius 2 is 1.83 bits per heavy atom. The molecule has 0 bridgehead atoms. The zero-order valence-electron chi connectivity index (χ0n) is 13.2. The van der Waals surface area contributed by atoms with Crippen LogP contribution in [0.5, 0.6) is 0 Å². The number of hydrogen-bond donors (Lipinski definition) is 4. The van der Waals surface area contributed by atoms with Gasteiger partial charge in [-0.15, -0.1) is 0 Å². The van der Waals surface area contributed by atoms with Gasteiger partial charge in [0.15, 0.2) is 11.6 Å². The Kier molecular flexibility index (Phi) is 4.42. The summed E-state index contributed by atoms with van der Waals surface area (Å²) in [6.45, 7) is 2.62. The van der Waals surface area contributed by atoms with Crippen LogP contribution in [0.25, 0.3) is 10.8 Å². The van der Waals surface area contributed by atoms with E-state index in [4.69, 9.17) is 5.73 Å². The van der Waals surface area contributed by atoms with E-state index in [1.807, 2.05) is 43.3 Å². The topological polar surface area (TPSA) is 105 Å². The van der Waals surface area contributed by atoms with Gasteiger partial charge in [0.1, 0.15) is 12.0 Å². The largest absolute Gasteiger partial charge is 0.393 e. The van der Waals surface area contributed by atoms with E-state index in [0.717, 1.165) is 10.8 Å². The van der Waals surface area contributed by atoms with Gasteiger partial charge in [-0.1, -0.05) is 36.4 Å². The number of nitrogens with one attached hydrogen (secondary N) is 3. The van der Waals surface area contributed by atoms with Crippen LogP contribution >= 0.6 is 0 Å². The summed E-state index contributed by atoms with van der Waals surface area (Å²) in [4.78, 5) is 20.6. The van der Waals surface area contributed by atoms with Crippen molar-refractivity contribution >= 4 is 34.0 Å². The van der Waals surface area contributed by atoms with E-state index in [9.17, 15) is 4.79 Å². The van der Waals surface area contributed by atoms with Gasteiger partial charge in [0.25, 0.3) is 5.91 Å². The zero-order valence-corrected chi connectivity index (χ0v) is 13.2. The summed E-state index contributed by atoms with van der Waals surface area (Å²) in [6.07, 6.45) is 1.38. The lowest BCUT2D eigenvalue weighted by atomic mass is 10.0. The maximum absolute atomic E-state index is 12.5. The number of amides is 1. The normalized spacial score (nSPS) is 10.4. The fourth-order valence-corrected chi connectivity index (χ4v) is 2.41. The third-order valence-corrected chi connectivity index (χ3v) is 3.56. The highest BCUT2D eigenvalue weighted by Gasteiger charge is 2.11. The number of nitrogens with zero attached hydrogens (tertiary/aromatic N) is 2. The minimum atomic E-state index is -0.269. The number of nitrogen functional groups attached to an aromatic ring is 1. The van der Waals surface area contributed by atoms with Crippen LogP contribution in [0.15, 0.2) is 48.8 Å². The molecule has 122 valence electrons. The SMILES string of the molecule is CCNc1ncnc(NNC(=O)c2cccc3ccccc23)c1N. The summed E-state index contributed by atoms with van der Waals surface area (Å²) in [6, 6.07) is 13.3. The van der Waals surface area contributed by atoms with E-state index in [1.165, 1.54) is 6.33 Å². The number of carbonyl (C=O) groups excluding carboxylic acids is 1. The van der Waals surface area contributed by atoms with Crippen molar-refractivity contribution in [3.63, 3.8) is 0 Å². The Hall–Kier alpha value is -3.35. The van der Waals surface area contributed by atoms with Gasteiger partial charge in [-0.2, -0.15) is 0 Å². The lowest BCUT2D eigenvalue weighted by molar-refractivity contribution is 0.0964. The second kappa shape index (κ2) is 6.82. The van der Waals surface area contributed by atoms with Crippen LogP contribution in [-0.4, -0.2) is 22.4 Å². The van der Waals surface area contributed by atoms with Crippen molar-refractivity contribution in [3.05, 3.63) is 54.4 Å². The number of carbonyl (C=O) groups is 1. The van der Waals surface area contributed by atoms with E-state index in [2.05, 4.69) is 26.1 Å². The standard InChI is InChI=1S/C17H18N6O/c1-2-19-15-14(18)16(21-10-20-15)22-23-17(24)13-9-5-7-11-6-3-4-8-12(11)13/h3-10H,2,18H2,1H3,(H,23,24)(H2,19,20,21,22). The smallest absolute Gasteiger partial charge is 0.270 e. The van der Waals surface area contributed by atoms with Crippen molar-refractivity contribution in [2.45, 2.75) is 6.92 Å². The quantitative estimate of drug-likeness (QED) is 0.538. The van der Waals surface area contributed by atoms with E-state index < -0.39 is 0 Å². The highest BCUT2D eigenvalue weighted by atomic mass is 16.2. The lowest BCUT2D eigenvalue weighted by Gasteiger charge is -2.13. The summed E-state index contributed by atoms with van der Waals surface area (Å²) in [7, 11) is 0. The highest BCUT2D eigenvalue weighted by Crippen LogP contribution is 2.22. The monoisotopic (exact) mass is 322 g/mol. The molecular formula is C17H18N6O. The van der Waals surface area contributed by atoms with Crippen molar-refractivity contribution in [1.82, 2.24) is 15.4 Å². The molecular weight excluding hydrogens is 304 g/mol. The molecule has 0 saturated carbocycles. The Morgan fingerprint density at radius 3 is 2.67 bits per heavy atom. The molecule has 7 nitrogen and oxygen atoms in total. The summed E-state index contributed by atoms with van der Waals surface area (Å²) in [5.41, 5.74) is 12.3. The molecule has 0 aliphatic heterocycles. The fourth-order valence-electron chi connectivity index (χ4n) is 2.41. The molecule has 7 heteroatoms. The molecule has 3 rings (SSSR count). The summed E-state index contributed by atoms with van der Waals surface area (Å²) < 4.78 is 0. The third kappa shape index (κ3) is 3.05. The summed E-state index contributed by atoms with van der Waals surface area (Å²) in [5.74, 6) is 0.596. The molecule has 0 fully saturated rings. The predicted molar refractivity (Wildman–Crippen MR) is 95.6 cm³/mol. The Balaban J connectivity index is 1.80. The first kappa shape index (κ1) is 15.5. The van der Waals surface area contributed by atoms with Gasteiger partial charge in [-0.3, -0.25) is 15.6 Å². The maximum atomic E-state index is 12.5. The number of benzene rings is 2. The zero-order chi connectivity index (χ0) is 16.9. The predicted octanol–water partition coefficient (Wildman–Crippen LogP) is 2.40. The summed E-state index contributed by atoms with van der Waals surface area (Å²) in [5, 5.41) is 4.91. The highest BCUT2D eigenvalue weighted by molar-refractivity contribution is 6.07. The molecule has 1 aromatic heterocycles. The van der Waals surface area contributed by atoms with Crippen LogP contribution in [0.1, 0.15) is 17.3 Å². The number of nitrogens with two attached hydrogens (primary N) is 1. The van der Waals surface area contributed by atoms with Crippen molar-refractivity contribution in [3.8, 4) is 0 Å². The van der Waals surface area contributed by atoms with Gasteiger partial charge in [-0.05, 0) is 23.8 Å². The van der Waals surface area contributed by atoms with E-state index >= 15 is 0 Å². The van der Waals surface area contributed by atoms with Gasteiger partial charge >= 0.3 is 0 Å². The first-order chi connectivity index (χ1) is 11.7. The molecule has 0 saturated heterocycles. The number of hydrogen-bond acceptors (Lipinski definition) is 6. The van der Waals surface area contributed by atoms with Crippen LogP contribution < -0.4 is 21.9 Å². The minimum Gasteiger partial charge on any atom is -0.393 e. The van der Waals surface area contributed by atoms with Gasteiger partial charge in [0.05, 0.1) is 0 Å². The van der Waals surface area contributed by atoms with Crippen LogP contribution in [-0.2, 0) is 0 Å². The van der Waals surface area contributed by atoms with Crippen molar-refractivity contribution in [1.29, 1.82) is 0 Å². The van der Waals surface area contributed by atoms with Crippen molar-refractivity contribution in [2.24, 2.45) is 0 Å². The number of fused-ring (bicyclic) bond motifs is 1. The van der Waals surface area contributed by atoms with Gasteiger partial charge in [0.2, 0.25) is 0 Å². The van der Waals surface area contributed by atoms with Crippen molar-refractivity contribution < 1.29 is 4.79 Å². The maximum Gasteiger partial charge on any atom is 0.270 e. The number of aromatic nitrogens is 2. The van der Waals surface area contributed by atoms with Gasteiger partial charge in [0, 0.05) is 12.1 Å². The van der Waals surface area contributed by atoms with Crippen LogP contribution in [0.3, 0.4) is 0 Å². The van der Waals surface area contributed by atoms with Gasteiger partial charge in [-0.25, -0.2) is 9.97 Å². The molecule has 0 unspecified atom stereocenters. The number of hydrazine groups is 1. The molecule has 0 aliphatic carbocycles. The van der Waals surface area contributed by atoms with Gasteiger partial charge < -0.3 is 11.1 Å². The average molecular weight is 322 g/mol. The molecule has 1 amide bonds. The molecule has 0 spiro atoms. The second-order valence-electron chi connectivity index (χ2n) is 5.12. The molecule has 5 N–H and O–H groups in total. The molecule has 0 atom stereocenters. The first-order valence-corrected chi connectivity index (χ1v) is 7.59. The molecule has 0 radical (unpaired) electrons. The summed E-state index contributed by atoms with van der Waals surface area (Å²) >= 11 is 0. The third-order valence-electron chi connectivity index (χ3n) is 3.56. The number of anilines is 3. The van der Waals surface area contributed by atoms with Crippen LogP contribution in [0.2, 0.25) is 0 Å². The molecule has 3 aromatic rings. The molecule has 0 aliphatic rings. The number of rotatable bonds is 5. The van der Waals surface area contributed by atoms with E-state index in [0.29, 0.717) is 29.4 Å². The van der Waals surface area contributed by atoms with E-state index in [1.54, 1.807) is 6.07 Å². The van der Waals surface area contributed by atoms with Crippen LogP contribution in [0, 0.1) is 0 Å². The average Bonchev–Trinajstić information content (AvgIpc) is 2.62. The minimum absolute atomic E-state index is 0.269. The van der Waals surface area contributed by atoms with Crippen LogP contribution in [0.4, 0.5) is 17.3 Å². The molecule has 1 heterocycles. The molecule has 24 heavy (non-hydrogen) atoms.